The molecule has 1 aromatic rings. The average molecular weight is 235 g/mol. The molecule has 3 nitrogen and oxygen atoms in total. The smallest absolute Gasteiger partial charge is 0.418 e. The summed E-state index contributed by atoms with van der Waals surface area (Å²) in [5.74, 6) is 0.884. The van der Waals surface area contributed by atoms with E-state index in [4.69, 9.17) is 5.26 Å². The molecular weight excluding hydrogens is 225 g/mol. The van der Waals surface area contributed by atoms with Gasteiger partial charge in [-0.25, -0.2) is 0 Å². The second-order valence-corrected chi connectivity index (χ2v) is 2.92. The zero-order chi connectivity index (χ0) is 12.8. The molecule has 0 saturated carbocycles. The fourth-order valence-corrected chi connectivity index (χ4v) is 0.883. The highest BCUT2D eigenvalue weighted by atomic mass is 19.5. The van der Waals surface area contributed by atoms with Gasteiger partial charge in [-0.05, 0) is 6.07 Å². The summed E-state index contributed by atoms with van der Waals surface area (Å²) < 4.78 is 40.5. The van der Waals surface area contributed by atoms with E-state index in [1.807, 2.05) is 37.2 Å². The van der Waals surface area contributed by atoms with Crippen LogP contribution in [0, 0.1) is 11.5 Å². The third-order valence-corrected chi connectivity index (χ3v) is 1.40. The van der Waals surface area contributed by atoms with Crippen molar-refractivity contribution >= 4 is 13.1 Å². The predicted octanol–water partition coefficient (Wildman–Crippen LogP) is 1.67. The first kappa shape index (κ1) is 14.2. The van der Waals surface area contributed by atoms with Crippen molar-refractivity contribution in [1.29, 1.82) is 5.26 Å². The largest absolute Gasteiger partial charge is 0.673 e. The summed E-state index contributed by atoms with van der Waals surface area (Å²) >= 11 is 0. The molecule has 0 saturated heterocycles. The van der Waals surface area contributed by atoms with Crippen LogP contribution in [-0.2, 0) is 0 Å². The second-order valence-electron chi connectivity index (χ2n) is 2.92. The standard InChI is InChI=1S/C8H10N3.BF4/c1-10(2)8-5-3-4-6-11(8)7-9;2-1(3,4)5/h3-6H,1-2H3;/q+1;-1. The third kappa shape index (κ3) is 6.65. The molecule has 1 heterocycles. The molecule has 1 rings (SSSR count). The molecule has 1 aromatic heterocycles. The van der Waals surface area contributed by atoms with Gasteiger partial charge >= 0.3 is 13.4 Å². The van der Waals surface area contributed by atoms with E-state index >= 15 is 0 Å². The summed E-state index contributed by atoms with van der Waals surface area (Å²) in [6.45, 7) is 0. The summed E-state index contributed by atoms with van der Waals surface area (Å²) in [4.78, 5) is 1.89. The van der Waals surface area contributed by atoms with Gasteiger partial charge in [0.2, 0.25) is 5.82 Å². The van der Waals surface area contributed by atoms with Gasteiger partial charge in [-0.3, -0.25) is 4.90 Å². The van der Waals surface area contributed by atoms with Crippen LogP contribution in [0.5, 0.6) is 0 Å². The molecule has 0 radical (unpaired) electrons. The molecule has 0 spiro atoms. The number of nitriles is 1. The highest BCUT2D eigenvalue weighted by molar-refractivity contribution is 6.50. The Hall–Kier alpha value is -1.78. The van der Waals surface area contributed by atoms with Crippen LogP contribution in [-0.4, -0.2) is 21.3 Å². The number of hydrogen-bond acceptors (Lipinski definition) is 2. The van der Waals surface area contributed by atoms with E-state index in [2.05, 4.69) is 6.19 Å². The molecule has 0 bridgehead atoms. The van der Waals surface area contributed by atoms with Gasteiger partial charge in [0, 0.05) is 11.3 Å². The van der Waals surface area contributed by atoms with Crippen molar-refractivity contribution in [3.8, 4) is 6.19 Å². The number of halogens is 4. The quantitative estimate of drug-likeness (QED) is 0.421. The highest BCUT2D eigenvalue weighted by Crippen LogP contribution is 2.06. The number of rotatable bonds is 1. The Morgan fingerprint density at radius 2 is 1.75 bits per heavy atom. The predicted molar refractivity (Wildman–Crippen MR) is 52.2 cm³/mol. The molecule has 16 heavy (non-hydrogen) atoms. The molecule has 0 amide bonds. The van der Waals surface area contributed by atoms with Gasteiger partial charge < -0.3 is 17.3 Å². The summed E-state index contributed by atoms with van der Waals surface area (Å²) in [5.41, 5.74) is 0. The Kier molecular flexibility index (Phi) is 5.29. The van der Waals surface area contributed by atoms with Crippen LogP contribution in [0.3, 0.4) is 0 Å². The fourth-order valence-electron chi connectivity index (χ4n) is 0.883. The summed E-state index contributed by atoms with van der Waals surface area (Å²) in [6.07, 6.45) is 3.78. The summed E-state index contributed by atoms with van der Waals surface area (Å²) in [6, 6.07) is 5.63. The highest BCUT2D eigenvalue weighted by Gasteiger charge is 2.20. The van der Waals surface area contributed by atoms with Crippen molar-refractivity contribution in [2.24, 2.45) is 0 Å². The van der Waals surface area contributed by atoms with E-state index in [-0.39, 0.29) is 0 Å². The maximum atomic E-state index is 9.75. The van der Waals surface area contributed by atoms with Crippen molar-refractivity contribution in [1.82, 2.24) is 0 Å². The first-order valence-electron chi connectivity index (χ1n) is 4.21. The molecule has 0 aliphatic rings. The monoisotopic (exact) mass is 235 g/mol. The Morgan fingerprint density at radius 1 is 1.25 bits per heavy atom. The van der Waals surface area contributed by atoms with Crippen molar-refractivity contribution in [2.75, 3.05) is 19.0 Å². The molecule has 0 fully saturated rings. The Morgan fingerprint density at radius 3 is 2.06 bits per heavy atom. The molecule has 8 heteroatoms. The zero-order valence-corrected chi connectivity index (χ0v) is 8.74. The average Bonchev–Trinajstić information content (AvgIpc) is 2.15. The third-order valence-electron chi connectivity index (χ3n) is 1.40. The summed E-state index contributed by atoms with van der Waals surface area (Å²) in [5, 5.41) is 8.65. The van der Waals surface area contributed by atoms with Crippen molar-refractivity contribution in [2.45, 2.75) is 0 Å². The molecule has 0 atom stereocenters. The minimum atomic E-state index is -6.00. The molecule has 0 aromatic carbocycles. The lowest BCUT2D eigenvalue weighted by molar-refractivity contribution is -0.572. The van der Waals surface area contributed by atoms with Crippen LogP contribution in [0.25, 0.3) is 0 Å². The van der Waals surface area contributed by atoms with Gasteiger partial charge in [-0.15, -0.1) is 4.57 Å². The number of anilines is 1. The van der Waals surface area contributed by atoms with Gasteiger partial charge in [0.05, 0.1) is 20.3 Å². The molecule has 88 valence electrons. The fraction of sp³-hybridized carbons (Fsp3) is 0.250. The van der Waals surface area contributed by atoms with Gasteiger partial charge in [-0.1, -0.05) is 6.07 Å². The van der Waals surface area contributed by atoms with Crippen molar-refractivity contribution in [3.05, 3.63) is 24.4 Å². The van der Waals surface area contributed by atoms with Crippen LogP contribution in [0.2, 0.25) is 0 Å². The van der Waals surface area contributed by atoms with Gasteiger partial charge in [0.1, 0.15) is 0 Å². The Balaban J connectivity index is 0.000000385. The van der Waals surface area contributed by atoms with Gasteiger partial charge in [0.15, 0.2) is 0 Å². The SMILES string of the molecule is CN(C)c1cccc[n+]1C#N.F[B-](F)(F)F. The van der Waals surface area contributed by atoms with E-state index in [0.29, 0.717) is 0 Å². The van der Waals surface area contributed by atoms with E-state index in [9.17, 15) is 17.3 Å². The van der Waals surface area contributed by atoms with Gasteiger partial charge in [0.25, 0.3) is 0 Å². The Bertz CT molecular complexity index is 366. The topological polar surface area (TPSA) is 30.9 Å². The van der Waals surface area contributed by atoms with E-state index < -0.39 is 7.25 Å². The Labute approximate surface area is 90.6 Å². The van der Waals surface area contributed by atoms with Crippen LogP contribution in [0.1, 0.15) is 0 Å². The van der Waals surface area contributed by atoms with Crippen LogP contribution < -0.4 is 9.47 Å². The minimum absolute atomic E-state index is 0.884. The maximum absolute atomic E-state index is 9.75. The minimum Gasteiger partial charge on any atom is -0.418 e. The molecule has 0 unspecified atom stereocenters. The molecule has 0 aliphatic heterocycles. The van der Waals surface area contributed by atoms with Crippen LogP contribution in [0.4, 0.5) is 23.1 Å². The van der Waals surface area contributed by atoms with E-state index in [1.54, 1.807) is 6.20 Å². The lowest BCUT2D eigenvalue weighted by Crippen LogP contribution is -2.34. The molecule has 0 N–H and O–H groups in total. The van der Waals surface area contributed by atoms with Gasteiger partial charge in [-0.2, -0.15) is 0 Å². The maximum Gasteiger partial charge on any atom is 0.673 e. The number of nitrogens with zero attached hydrogens (tertiary/aromatic N) is 3. The lowest BCUT2D eigenvalue weighted by Gasteiger charge is -2.06. The number of hydrogen-bond donors (Lipinski definition) is 0. The first-order valence-corrected chi connectivity index (χ1v) is 4.21. The van der Waals surface area contributed by atoms with Crippen molar-refractivity contribution in [3.63, 3.8) is 0 Å². The zero-order valence-electron chi connectivity index (χ0n) is 8.74. The van der Waals surface area contributed by atoms with Crippen molar-refractivity contribution < 1.29 is 21.8 Å². The number of aromatic nitrogens is 1. The van der Waals surface area contributed by atoms with E-state index in [1.165, 1.54) is 4.57 Å². The summed E-state index contributed by atoms with van der Waals surface area (Å²) in [7, 11) is -2.19. The van der Waals surface area contributed by atoms with Crippen LogP contribution >= 0.6 is 0 Å². The van der Waals surface area contributed by atoms with E-state index in [0.717, 1.165) is 5.82 Å². The normalized spacial score (nSPS) is 9.81. The lowest BCUT2D eigenvalue weighted by atomic mass is 10.3. The molecule has 0 aliphatic carbocycles. The number of pyridine rings is 1. The first-order chi connectivity index (χ1) is 7.25. The van der Waals surface area contributed by atoms with Crippen LogP contribution in [0.15, 0.2) is 24.4 Å². The molecular formula is C8H10BF4N3. The second kappa shape index (κ2) is 5.95.